The van der Waals surface area contributed by atoms with Crippen LogP contribution in [0.25, 0.3) is 0 Å². The van der Waals surface area contributed by atoms with Gasteiger partial charge >= 0.3 is 5.97 Å². The molecule has 86 valence electrons. The van der Waals surface area contributed by atoms with Gasteiger partial charge in [-0.1, -0.05) is 30.3 Å². The fraction of sp³-hybridized carbons (Fsp3) is 0.333. The van der Waals surface area contributed by atoms with Crippen molar-refractivity contribution >= 4 is 11.9 Å². The molecule has 0 aliphatic rings. The molecule has 1 rings (SSSR count). The van der Waals surface area contributed by atoms with Gasteiger partial charge in [0.1, 0.15) is 0 Å². The number of nitrogens with one attached hydrogen (secondary N) is 1. The smallest absolute Gasteiger partial charge is 0.303 e. The van der Waals surface area contributed by atoms with Crippen molar-refractivity contribution in [3.63, 3.8) is 0 Å². The first-order valence-corrected chi connectivity index (χ1v) is 5.06. The SMILES string of the molecule is CNC(=O)C(Cc1ccccc1)OC(C)=O. The largest absolute Gasteiger partial charge is 0.452 e. The first-order chi connectivity index (χ1) is 7.63. The van der Waals surface area contributed by atoms with Crippen molar-refractivity contribution in [3.05, 3.63) is 35.9 Å². The van der Waals surface area contributed by atoms with Crippen LogP contribution >= 0.6 is 0 Å². The second-order valence-electron chi connectivity index (χ2n) is 3.40. The number of hydrogen-bond donors (Lipinski definition) is 1. The third-order valence-corrected chi connectivity index (χ3v) is 2.11. The van der Waals surface area contributed by atoms with E-state index in [0.717, 1.165) is 5.56 Å². The van der Waals surface area contributed by atoms with E-state index in [4.69, 9.17) is 4.74 Å². The zero-order valence-corrected chi connectivity index (χ0v) is 9.40. The molecule has 0 aromatic heterocycles. The summed E-state index contributed by atoms with van der Waals surface area (Å²) in [6, 6.07) is 9.43. The molecule has 4 nitrogen and oxygen atoms in total. The van der Waals surface area contributed by atoms with E-state index in [2.05, 4.69) is 5.32 Å². The average molecular weight is 221 g/mol. The molecule has 1 unspecified atom stereocenters. The molecule has 0 heterocycles. The number of esters is 1. The van der Waals surface area contributed by atoms with Crippen molar-refractivity contribution < 1.29 is 14.3 Å². The van der Waals surface area contributed by atoms with Gasteiger partial charge in [0.25, 0.3) is 5.91 Å². The Hall–Kier alpha value is -1.84. The van der Waals surface area contributed by atoms with Gasteiger partial charge in [0.05, 0.1) is 0 Å². The van der Waals surface area contributed by atoms with Crippen molar-refractivity contribution in [3.8, 4) is 0 Å². The monoisotopic (exact) mass is 221 g/mol. The zero-order valence-electron chi connectivity index (χ0n) is 9.40. The highest BCUT2D eigenvalue weighted by molar-refractivity contribution is 5.83. The third-order valence-electron chi connectivity index (χ3n) is 2.11. The fourth-order valence-corrected chi connectivity index (χ4v) is 1.38. The summed E-state index contributed by atoms with van der Waals surface area (Å²) in [5.41, 5.74) is 0.956. The van der Waals surface area contributed by atoms with Crippen molar-refractivity contribution in [2.45, 2.75) is 19.4 Å². The molecule has 0 aliphatic carbocycles. The second-order valence-corrected chi connectivity index (χ2v) is 3.40. The van der Waals surface area contributed by atoms with Gasteiger partial charge < -0.3 is 10.1 Å². The Morgan fingerprint density at radius 1 is 1.31 bits per heavy atom. The van der Waals surface area contributed by atoms with E-state index < -0.39 is 12.1 Å². The highest BCUT2D eigenvalue weighted by Gasteiger charge is 2.20. The van der Waals surface area contributed by atoms with Crippen molar-refractivity contribution in [1.82, 2.24) is 5.32 Å². The van der Waals surface area contributed by atoms with Crippen LogP contribution in [0.15, 0.2) is 30.3 Å². The van der Waals surface area contributed by atoms with E-state index in [9.17, 15) is 9.59 Å². The molecule has 4 heteroatoms. The molecule has 1 atom stereocenters. The van der Waals surface area contributed by atoms with E-state index in [-0.39, 0.29) is 5.91 Å². The molecule has 0 bridgehead atoms. The number of benzene rings is 1. The van der Waals surface area contributed by atoms with Crippen LogP contribution in [-0.4, -0.2) is 25.0 Å². The number of amides is 1. The van der Waals surface area contributed by atoms with Gasteiger partial charge in [-0.3, -0.25) is 9.59 Å². The van der Waals surface area contributed by atoms with Gasteiger partial charge in [-0.25, -0.2) is 0 Å². The van der Waals surface area contributed by atoms with Crippen molar-refractivity contribution in [1.29, 1.82) is 0 Å². The summed E-state index contributed by atoms with van der Waals surface area (Å²) in [6.45, 7) is 1.29. The lowest BCUT2D eigenvalue weighted by Crippen LogP contribution is -2.36. The molecule has 16 heavy (non-hydrogen) atoms. The normalized spacial score (nSPS) is 11.6. The van der Waals surface area contributed by atoms with Crippen molar-refractivity contribution in [2.75, 3.05) is 7.05 Å². The standard InChI is InChI=1S/C12H15NO3/c1-9(14)16-11(12(15)13-2)8-10-6-4-3-5-7-10/h3-7,11H,8H2,1-2H3,(H,13,15). The quantitative estimate of drug-likeness (QED) is 0.769. The lowest BCUT2D eigenvalue weighted by Gasteiger charge is -2.15. The van der Waals surface area contributed by atoms with Crippen LogP contribution in [0.1, 0.15) is 12.5 Å². The van der Waals surface area contributed by atoms with Gasteiger partial charge in [-0.05, 0) is 5.56 Å². The second kappa shape index (κ2) is 5.90. The molecule has 1 amide bonds. The lowest BCUT2D eigenvalue weighted by atomic mass is 10.1. The molecule has 0 spiro atoms. The summed E-state index contributed by atoms with van der Waals surface area (Å²) < 4.78 is 4.96. The summed E-state index contributed by atoms with van der Waals surface area (Å²) in [7, 11) is 1.52. The van der Waals surface area contributed by atoms with Crippen LogP contribution in [0, 0.1) is 0 Å². The maximum atomic E-state index is 11.5. The zero-order chi connectivity index (χ0) is 12.0. The highest BCUT2D eigenvalue weighted by Crippen LogP contribution is 2.06. The fourth-order valence-electron chi connectivity index (χ4n) is 1.38. The average Bonchev–Trinajstić information content (AvgIpc) is 2.28. The van der Waals surface area contributed by atoms with E-state index in [1.54, 1.807) is 0 Å². The summed E-state index contributed by atoms with van der Waals surface area (Å²) in [4.78, 5) is 22.3. The van der Waals surface area contributed by atoms with Crippen LogP contribution in [-0.2, 0) is 20.7 Å². The molecule has 1 aromatic carbocycles. The Balaban J connectivity index is 2.70. The van der Waals surface area contributed by atoms with Crippen molar-refractivity contribution in [2.24, 2.45) is 0 Å². The lowest BCUT2D eigenvalue weighted by molar-refractivity contribution is -0.153. The summed E-state index contributed by atoms with van der Waals surface area (Å²) in [5.74, 6) is -0.747. The molecule has 1 N–H and O–H groups in total. The van der Waals surface area contributed by atoms with E-state index >= 15 is 0 Å². The van der Waals surface area contributed by atoms with Crippen LogP contribution in [0.2, 0.25) is 0 Å². The maximum absolute atomic E-state index is 11.5. The molecule has 0 saturated heterocycles. The van der Waals surface area contributed by atoms with E-state index in [0.29, 0.717) is 6.42 Å². The Morgan fingerprint density at radius 2 is 1.94 bits per heavy atom. The van der Waals surface area contributed by atoms with Gasteiger partial charge in [-0.2, -0.15) is 0 Å². The molecular formula is C12H15NO3. The Bertz CT molecular complexity index is 362. The highest BCUT2D eigenvalue weighted by atomic mass is 16.5. The number of carbonyl (C=O) groups excluding carboxylic acids is 2. The number of rotatable bonds is 4. The number of carbonyl (C=O) groups is 2. The molecule has 0 radical (unpaired) electrons. The minimum atomic E-state index is -0.759. The van der Waals surface area contributed by atoms with Gasteiger partial charge in [0.2, 0.25) is 0 Å². The Kier molecular flexibility index (Phi) is 4.51. The van der Waals surface area contributed by atoms with Gasteiger partial charge in [0, 0.05) is 20.4 Å². The first kappa shape index (κ1) is 12.2. The van der Waals surface area contributed by atoms with E-state index in [1.165, 1.54) is 14.0 Å². The molecule has 0 saturated carbocycles. The maximum Gasteiger partial charge on any atom is 0.303 e. The predicted octanol–water partition coefficient (Wildman–Crippen LogP) is 0.907. The van der Waals surface area contributed by atoms with Gasteiger partial charge in [-0.15, -0.1) is 0 Å². The number of hydrogen-bond acceptors (Lipinski definition) is 3. The van der Waals surface area contributed by atoms with Crippen LogP contribution in [0.3, 0.4) is 0 Å². The van der Waals surface area contributed by atoms with Crippen LogP contribution in [0.4, 0.5) is 0 Å². The Morgan fingerprint density at radius 3 is 2.44 bits per heavy atom. The molecule has 0 fully saturated rings. The topological polar surface area (TPSA) is 55.4 Å². The summed E-state index contributed by atoms with van der Waals surface area (Å²) in [5, 5.41) is 2.47. The van der Waals surface area contributed by atoms with Gasteiger partial charge in [0.15, 0.2) is 6.10 Å². The molecule has 1 aromatic rings. The predicted molar refractivity (Wildman–Crippen MR) is 59.8 cm³/mol. The summed E-state index contributed by atoms with van der Waals surface area (Å²) >= 11 is 0. The Labute approximate surface area is 94.6 Å². The van der Waals surface area contributed by atoms with Crippen LogP contribution < -0.4 is 5.32 Å². The van der Waals surface area contributed by atoms with E-state index in [1.807, 2.05) is 30.3 Å². The minimum Gasteiger partial charge on any atom is -0.452 e. The molecular weight excluding hydrogens is 206 g/mol. The van der Waals surface area contributed by atoms with Crippen LogP contribution in [0.5, 0.6) is 0 Å². The first-order valence-electron chi connectivity index (χ1n) is 5.06. The number of likely N-dealkylation sites (N-methyl/N-ethyl adjacent to an activating group) is 1. The minimum absolute atomic E-state index is 0.293. The summed E-state index contributed by atoms with van der Waals surface area (Å²) in [6.07, 6.45) is -0.370. The molecule has 0 aliphatic heterocycles. The number of ether oxygens (including phenoxy) is 1. The third kappa shape index (κ3) is 3.73.